The average molecular weight is 512 g/mol. The highest BCUT2D eigenvalue weighted by atomic mass is 32.2. The number of ether oxygens (including phenoxy) is 2. The van der Waals surface area contributed by atoms with E-state index in [-0.39, 0.29) is 27.6 Å². The van der Waals surface area contributed by atoms with Crippen LogP contribution in [0.3, 0.4) is 0 Å². The van der Waals surface area contributed by atoms with Crippen molar-refractivity contribution in [2.45, 2.75) is 24.9 Å². The molecule has 0 aliphatic heterocycles. The van der Waals surface area contributed by atoms with E-state index in [1.807, 2.05) is 0 Å². The molecule has 1 aromatic heterocycles. The summed E-state index contributed by atoms with van der Waals surface area (Å²) >= 11 is 0. The summed E-state index contributed by atoms with van der Waals surface area (Å²) in [6.07, 6.45) is -3.73. The second-order valence-electron chi connectivity index (χ2n) is 7.48. The molecule has 0 spiro atoms. The Morgan fingerprint density at radius 2 is 1.74 bits per heavy atom. The smallest absolute Gasteiger partial charge is 0.435 e. The van der Waals surface area contributed by atoms with E-state index in [0.717, 1.165) is 6.92 Å². The predicted octanol–water partition coefficient (Wildman–Crippen LogP) is 5.34. The lowest BCUT2D eigenvalue weighted by molar-refractivity contribution is -0.142. The minimum Gasteiger partial charge on any atom is -0.494 e. The summed E-state index contributed by atoms with van der Waals surface area (Å²) in [7, 11) is -1.85. The predicted molar refractivity (Wildman–Crippen MR) is 119 cm³/mol. The number of anilines is 1. The largest absolute Gasteiger partial charge is 0.494 e. The van der Waals surface area contributed by atoms with Gasteiger partial charge in [0, 0.05) is 22.4 Å². The van der Waals surface area contributed by atoms with Gasteiger partial charge in [0.2, 0.25) is 0 Å². The van der Waals surface area contributed by atoms with Crippen molar-refractivity contribution in [2.75, 3.05) is 18.7 Å². The third kappa shape index (κ3) is 5.50. The van der Waals surface area contributed by atoms with Crippen LogP contribution in [0, 0.1) is 24.4 Å². The van der Waals surface area contributed by atoms with Crippen LogP contribution in [0.5, 0.6) is 17.4 Å². The van der Waals surface area contributed by atoms with Crippen molar-refractivity contribution in [1.29, 1.82) is 4.78 Å². The van der Waals surface area contributed by atoms with Gasteiger partial charge in [-0.05, 0) is 49.7 Å². The molecule has 0 saturated carbocycles. The maximum Gasteiger partial charge on any atom is 0.435 e. The molecule has 0 aliphatic rings. The van der Waals surface area contributed by atoms with Gasteiger partial charge in [0.1, 0.15) is 11.3 Å². The summed E-state index contributed by atoms with van der Waals surface area (Å²) < 4.78 is 85.0. The van der Waals surface area contributed by atoms with E-state index in [0.29, 0.717) is 0 Å². The molecule has 0 radical (unpaired) electrons. The maximum absolute atomic E-state index is 14.4. The van der Waals surface area contributed by atoms with Crippen LogP contribution < -0.4 is 14.8 Å². The third-order valence-corrected chi connectivity index (χ3v) is 6.10. The number of halogens is 4. The van der Waals surface area contributed by atoms with Crippen molar-refractivity contribution in [1.82, 2.24) is 10.2 Å². The van der Waals surface area contributed by atoms with Crippen molar-refractivity contribution < 1.29 is 36.0 Å². The molecule has 2 N–H and O–H groups in total. The standard InChI is InChI=1S/C22H20F4N4O4S/c1-11-15(8-9-16(33-3)18(11)23)34-21-17(12(2)19(29-30-21)22(24,25)26)20(31)28-13-6-5-7-14(10-13)35(4,27)32/h5-10,27H,1-4H3,(H,28,31)/t35-/m1/s1. The Morgan fingerprint density at radius 1 is 1.09 bits per heavy atom. The van der Waals surface area contributed by atoms with Crippen LogP contribution >= 0.6 is 0 Å². The van der Waals surface area contributed by atoms with Crippen LogP contribution in [0.2, 0.25) is 0 Å². The second-order valence-corrected chi connectivity index (χ2v) is 9.64. The van der Waals surface area contributed by atoms with E-state index >= 15 is 0 Å². The van der Waals surface area contributed by atoms with Crippen LogP contribution in [0.25, 0.3) is 0 Å². The number of hydrogen-bond donors (Lipinski definition) is 2. The molecule has 0 aliphatic carbocycles. The zero-order valence-corrected chi connectivity index (χ0v) is 19.7. The normalized spacial score (nSPS) is 13.1. The lowest BCUT2D eigenvalue weighted by Gasteiger charge is -2.17. The van der Waals surface area contributed by atoms with Crippen molar-refractivity contribution >= 4 is 21.3 Å². The Balaban J connectivity index is 2.10. The molecule has 13 heteroatoms. The van der Waals surface area contributed by atoms with Gasteiger partial charge in [-0.3, -0.25) is 4.79 Å². The van der Waals surface area contributed by atoms with Crippen LogP contribution in [-0.4, -0.2) is 33.7 Å². The van der Waals surface area contributed by atoms with Crippen molar-refractivity contribution in [3.63, 3.8) is 0 Å². The topological polar surface area (TPSA) is 114 Å². The van der Waals surface area contributed by atoms with Gasteiger partial charge in [0.05, 0.1) is 16.8 Å². The molecule has 0 fully saturated rings. The molecule has 1 heterocycles. The Hall–Kier alpha value is -3.74. The van der Waals surface area contributed by atoms with Crippen LogP contribution in [-0.2, 0) is 15.9 Å². The Kier molecular flexibility index (Phi) is 7.01. The van der Waals surface area contributed by atoms with Crippen molar-refractivity contribution in [2.24, 2.45) is 0 Å². The van der Waals surface area contributed by atoms with Gasteiger partial charge in [-0.1, -0.05) is 6.07 Å². The molecule has 2 aromatic carbocycles. The number of nitrogens with zero attached hydrogens (tertiary/aromatic N) is 2. The SMILES string of the molecule is COc1ccc(Oc2nnc(C(F)(F)F)c(C)c2C(=O)Nc2cccc([S@](C)(=N)=O)c2)c(C)c1F. The monoisotopic (exact) mass is 512 g/mol. The van der Waals surface area contributed by atoms with E-state index in [2.05, 4.69) is 15.5 Å². The highest BCUT2D eigenvalue weighted by molar-refractivity contribution is 7.91. The molecule has 8 nitrogen and oxygen atoms in total. The molecule has 1 amide bonds. The van der Waals surface area contributed by atoms with E-state index in [1.165, 1.54) is 56.7 Å². The van der Waals surface area contributed by atoms with Crippen molar-refractivity contribution in [3.8, 4) is 17.4 Å². The maximum atomic E-state index is 14.4. The Bertz CT molecular complexity index is 1410. The Labute approximate surface area is 198 Å². The number of methoxy groups -OCH3 is 1. The fourth-order valence-corrected chi connectivity index (χ4v) is 3.82. The van der Waals surface area contributed by atoms with Crippen molar-refractivity contribution in [3.05, 3.63) is 64.6 Å². The molecule has 1 atom stereocenters. The number of benzene rings is 2. The Morgan fingerprint density at radius 3 is 2.34 bits per heavy atom. The fourth-order valence-electron chi connectivity index (χ4n) is 3.13. The molecule has 0 saturated heterocycles. The quantitative estimate of drug-likeness (QED) is 0.431. The summed E-state index contributed by atoms with van der Waals surface area (Å²) in [4.78, 5) is 13.2. The van der Waals surface area contributed by atoms with E-state index in [9.17, 15) is 26.6 Å². The summed E-state index contributed by atoms with van der Waals surface area (Å²) in [5.74, 6) is -2.58. The van der Waals surface area contributed by atoms with Crippen LogP contribution in [0.15, 0.2) is 41.3 Å². The number of rotatable bonds is 6. The molecule has 0 unspecified atom stereocenters. The van der Waals surface area contributed by atoms with Gasteiger partial charge >= 0.3 is 6.18 Å². The van der Waals surface area contributed by atoms with Gasteiger partial charge in [-0.2, -0.15) is 13.2 Å². The molecule has 35 heavy (non-hydrogen) atoms. The first kappa shape index (κ1) is 25.9. The zero-order chi connectivity index (χ0) is 26.1. The van der Waals surface area contributed by atoms with E-state index in [4.69, 9.17) is 14.3 Å². The lowest BCUT2D eigenvalue weighted by Crippen LogP contribution is -2.21. The fraction of sp³-hybridized carbons (Fsp3) is 0.227. The number of carbonyl (C=O) groups is 1. The molecular formula is C22H20F4N4O4S. The summed E-state index contributed by atoms with van der Waals surface area (Å²) in [5, 5.41) is 9.02. The van der Waals surface area contributed by atoms with Gasteiger partial charge in [0.15, 0.2) is 17.3 Å². The number of alkyl halides is 3. The van der Waals surface area contributed by atoms with Gasteiger partial charge in [-0.15, -0.1) is 10.2 Å². The molecule has 3 aromatic rings. The minimum atomic E-state index is -4.91. The highest BCUT2D eigenvalue weighted by Crippen LogP contribution is 2.37. The molecular weight excluding hydrogens is 492 g/mol. The molecule has 186 valence electrons. The van der Waals surface area contributed by atoms with Gasteiger partial charge < -0.3 is 14.8 Å². The number of carbonyl (C=O) groups excluding carboxylic acids is 1. The van der Waals surface area contributed by atoms with Crippen LogP contribution in [0.4, 0.5) is 23.2 Å². The number of hydrogen-bond acceptors (Lipinski definition) is 7. The van der Waals surface area contributed by atoms with Crippen LogP contribution in [0.1, 0.15) is 27.2 Å². The summed E-state index contributed by atoms with van der Waals surface area (Å²) in [6.45, 7) is 2.38. The molecule has 3 rings (SSSR count). The molecule has 0 bridgehead atoms. The minimum absolute atomic E-state index is 0.0316. The van der Waals surface area contributed by atoms with Gasteiger partial charge in [0.25, 0.3) is 11.8 Å². The van der Waals surface area contributed by atoms with Gasteiger partial charge in [-0.25, -0.2) is 13.4 Å². The third-order valence-electron chi connectivity index (χ3n) is 4.95. The highest BCUT2D eigenvalue weighted by Gasteiger charge is 2.38. The zero-order valence-electron chi connectivity index (χ0n) is 18.9. The number of nitrogens with one attached hydrogen (secondary N) is 2. The number of aromatic nitrogens is 2. The summed E-state index contributed by atoms with van der Waals surface area (Å²) in [6, 6.07) is 8.08. The first-order chi connectivity index (χ1) is 16.2. The second kappa shape index (κ2) is 9.49. The lowest BCUT2D eigenvalue weighted by atomic mass is 10.1. The number of amides is 1. The summed E-state index contributed by atoms with van der Waals surface area (Å²) in [5.41, 5.74) is -2.50. The average Bonchev–Trinajstić information content (AvgIpc) is 2.76. The first-order valence-electron chi connectivity index (χ1n) is 9.84. The van der Waals surface area contributed by atoms with E-state index < -0.39 is 50.3 Å². The van der Waals surface area contributed by atoms with E-state index in [1.54, 1.807) is 0 Å². The first-order valence-corrected chi connectivity index (χ1v) is 11.8.